The van der Waals surface area contributed by atoms with Gasteiger partial charge in [-0.05, 0) is 31.2 Å². The number of nitrogens with two attached hydrogens (primary N) is 1. The number of benzene rings is 2. The standard InChI is InChI=1S/C22H21N3O5S/c1-2-29-18(26)12-17-13-31-22(24-17)25-20(27)19(14-6-4-3-5-7-14)30-21(28)15-8-10-16(23)11-9-15/h3-11,13,19H,2,12,23H2,1H3,(H,24,25,27). The molecule has 9 heteroatoms. The highest BCUT2D eigenvalue weighted by molar-refractivity contribution is 7.13. The predicted molar refractivity (Wildman–Crippen MR) is 117 cm³/mol. The predicted octanol–water partition coefficient (Wildman–Crippen LogP) is 3.37. The van der Waals surface area contributed by atoms with Gasteiger partial charge in [0.25, 0.3) is 5.91 Å². The van der Waals surface area contributed by atoms with Crippen LogP contribution < -0.4 is 11.1 Å². The van der Waals surface area contributed by atoms with Crippen LogP contribution in [-0.4, -0.2) is 29.4 Å². The number of ether oxygens (including phenoxy) is 2. The van der Waals surface area contributed by atoms with E-state index in [4.69, 9.17) is 15.2 Å². The van der Waals surface area contributed by atoms with Gasteiger partial charge in [0.1, 0.15) is 0 Å². The zero-order valence-corrected chi connectivity index (χ0v) is 17.6. The summed E-state index contributed by atoms with van der Waals surface area (Å²) < 4.78 is 10.4. The summed E-state index contributed by atoms with van der Waals surface area (Å²) in [5, 5.41) is 4.59. The largest absolute Gasteiger partial charge is 0.466 e. The van der Waals surface area contributed by atoms with Crippen molar-refractivity contribution in [2.75, 3.05) is 17.7 Å². The summed E-state index contributed by atoms with van der Waals surface area (Å²) in [6, 6.07) is 14.9. The van der Waals surface area contributed by atoms with Crippen LogP contribution in [-0.2, 0) is 25.5 Å². The molecule has 0 saturated heterocycles. The molecule has 1 amide bonds. The molecule has 0 radical (unpaired) electrons. The van der Waals surface area contributed by atoms with Crippen LogP contribution in [0.25, 0.3) is 0 Å². The van der Waals surface area contributed by atoms with Crippen LogP contribution in [0.1, 0.15) is 34.6 Å². The van der Waals surface area contributed by atoms with Gasteiger partial charge in [-0.2, -0.15) is 0 Å². The first-order valence-corrected chi connectivity index (χ1v) is 10.4. The summed E-state index contributed by atoms with van der Waals surface area (Å²) in [6.45, 7) is 2.00. The Labute approximate surface area is 183 Å². The van der Waals surface area contributed by atoms with Gasteiger partial charge in [-0.3, -0.25) is 14.9 Å². The van der Waals surface area contributed by atoms with E-state index in [2.05, 4.69) is 10.3 Å². The highest BCUT2D eigenvalue weighted by atomic mass is 32.1. The van der Waals surface area contributed by atoms with Crippen molar-refractivity contribution in [1.29, 1.82) is 0 Å². The minimum absolute atomic E-state index is 0.00838. The fraction of sp³-hybridized carbons (Fsp3) is 0.182. The van der Waals surface area contributed by atoms with Gasteiger partial charge >= 0.3 is 11.9 Å². The molecule has 0 bridgehead atoms. The fourth-order valence-corrected chi connectivity index (χ4v) is 3.38. The van der Waals surface area contributed by atoms with Crippen molar-refractivity contribution < 1.29 is 23.9 Å². The molecule has 0 spiro atoms. The number of nitrogen functional groups attached to an aromatic ring is 1. The highest BCUT2D eigenvalue weighted by Gasteiger charge is 2.26. The second-order valence-corrected chi connectivity index (χ2v) is 7.29. The number of esters is 2. The molecule has 1 atom stereocenters. The third-order valence-corrected chi connectivity index (χ3v) is 4.93. The Balaban J connectivity index is 1.74. The van der Waals surface area contributed by atoms with E-state index in [-0.39, 0.29) is 23.7 Å². The van der Waals surface area contributed by atoms with E-state index in [1.165, 1.54) is 12.1 Å². The first-order chi connectivity index (χ1) is 15.0. The average Bonchev–Trinajstić information content (AvgIpc) is 3.19. The van der Waals surface area contributed by atoms with Crippen LogP contribution in [0.15, 0.2) is 60.0 Å². The molecule has 8 nitrogen and oxygen atoms in total. The number of carbonyl (C=O) groups excluding carboxylic acids is 3. The Bertz CT molecular complexity index is 1050. The van der Waals surface area contributed by atoms with Gasteiger partial charge < -0.3 is 15.2 Å². The molecular formula is C22H21N3O5S. The van der Waals surface area contributed by atoms with E-state index < -0.39 is 23.9 Å². The van der Waals surface area contributed by atoms with Crippen molar-refractivity contribution in [2.45, 2.75) is 19.4 Å². The molecule has 1 unspecified atom stereocenters. The van der Waals surface area contributed by atoms with Crippen molar-refractivity contribution >= 4 is 40.0 Å². The van der Waals surface area contributed by atoms with E-state index in [1.54, 1.807) is 54.8 Å². The van der Waals surface area contributed by atoms with E-state index in [1.807, 2.05) is 0 Å². The second-order valence-electron chi connectivity index (χ2n) is 6.43. The minimum atomic E-state index is -1.19. The van der Waals surface area contributed by atoms with Crippen molar-refractivity contribution in [3.8, 4) is 0 Å². The van der Waals surface area contributed by atoms with Gasteiger partial charge in [0.2, 0.25) is 6.10 Å². The van der Waals surface area contributed by atoms with Crippen molar-refractivity contribution in [1.82, 2.24) is 4.98 Å². The lowest BCUT2D eigenvalue weighted by Crippen LogP contribution is -2.26. The number of amides is 1. The lowest BCUT2D eigenvalue weighted by atomic mass is 10.1. The zero-order valence-electron chi connectivity index (χ0n) is 16.7. The number of rotatable bonds is 8. The Morgan fingerprint density at radius 1 is 1.10 bits per heavy atom. The normalized spacial score (nSPS) is 11.4. The lowest BCUT2D eigenvalue weighted by Gasteiger charge is -2.17. The topological polar surface area (TPSA) is 121 Å². The van der Waals surface area contributed by atoms with Crippen LogP contribution in [0.2, 0.25) is 0 Å². The van der Waals surface area contributed by atoms with Crippen molar-refractivity contribution in [3.63, 3.8) is 0 Å². The van der Waals surface area contributed by atoms with E-state index >= 15 is 0 Å². The lowest BCUT2D eigenvalue weighted by molar-refractivity contribution is -0.142. The SMILES string of the molecule is CCOC(=O)Cc1csc(NC(=O)C(OC(=O)c2ccc(N)cc2)c2ccccc2)n1. The van der Waals surface area contributed by atoms with E-state index in [9.17, 15) is 14.4 Å². The monoisotopic (exact) mass is 439 g/mol. The quantitative estimate of drug-likeness (QED) is 0.408. The molecule has 0 fully saturated rings. The molecule has 3 N–H and O–H groups in total. The highest BCUT2D eigenvalue weighted by Crippen LogP contribution is 2.23. The molecule has 0 aliphatic heterocycles. The summed E-state index contributed by atoms with van der Waals surface area (Å²) >= 11 is 1.16. The van der Waals surface area contributed by atoms with E-state index in [0.717, 1.165) is 11.3 Å². The van der Waals surface area contributed by atoms with Gasteiger partial charge in [-0.25, -0.2) is 9.78 Å². The second kappa shape index (κ2) is 10.4. The summed E-state index contributed by atoms with van der Waals surface area (Å²) in [7, 11) is 0. The molecule has 160 valence electrons. The summed E-state index contributed by atoms with van der Waals surface area (Å²) in [5.74, 6) is -1.62. The van der Waals surface area contributed by atoms with Gasteiger partial charge in [-0.15, -0.1) is 11.3 Å². The molecule has 3 aromatic rings. The van der Waals surface area contributed by atoms with Gasteiger partial charge in [0, 0.05) is 16.6 Å². The Morgan fingerprint density at radius 2 is 1.81 bits per heavy atom. The Kier molecular flexibility index (Phi) is 7.34. The number of nitrogens with one attached hydrogen (secondary N) is 1. The van der Waals surface area contributed by atoms with Crippen LogP contribution in [0.4, 0.5) is 10.8 Å². The minimum Gasteiger partial charge on any atom is -0.466 e. The Morgan fingerprint density at radius 3 is 2.48 bits per heavy atom. The number of aromatic nitrogens is 1. The molecule has 0 aliphatic rings. The fourth-order valence-electron chi connectivity index (χ4n) is 2.67. The van der Waals surface area contributed by atoms with Crippen molar-refractivity contribution in [2.24, 2.45) is 0 Å². The van der Waals surface area contributed by atoms with Crippen molar-refractivity contribution in [3.05, 3.63) is 76.8 Å². The molecule has 0 saturated carbocycles. The third-order valence-electron chi connectivity index (χ3n) is 4.12. The summed E-state index contributed by atoms with van der Waals surface area (Å²) in [5.41, 5.74) is 7.42. The number of nitrogens with zero attached hydrogens (tertiary/aromatic N) is 1. The average molecular weight is 439 g/mol. The van der Waals surface area contributed by atoms with Gasteiger partial charge in [0.15, 0.2) is 5.13 Å². The first-order valence-electron chi connectivity index (χ1n) is 9.48. The van der Waals surface area contributed by atoms with Crippen LogP contribution in [0.5, 0.6) is 0 Å². The molecule has 3 rings (SSSR count). The number of hydrogen-bond acceptors (Lipinski definition) is 8. The summed E-state index contributed by atoms with van der Waals surface area (Å²) in [6.07, 6.45) is -1.18. The number of anilines is 2. The third kappa shape index (κ3) is 6.13. The summed E-state index contributed by atoms with van der Waals surface area (Å²) in [4.78, 5) is 41.3. The maximum absolute atomic E-state index is 12.9. The smallest absolute Gasteiger partial charge is 0.339 e. The maximum Gasteiger partial charge on any atom is 0.339 e. The van der Waals surface area contributed by atoms with Crippen LogP contribution in [0.3, 0.4) is 0 Å². The number of hydrogen-bond donors (Lipinski definition) is 2. The molecule has 0 aliphatic carbocycles. The van der Waals surface area contributed by atoms with Gasteiger partial charge in [0.05, 0.1) is 24.3 Å². The number of thiazole rings is 1. The van der Waals surface area contributed by atoms with Crippen LogP contribution in [0, 0.1) is 0 Å². The molecule has 31 heavy (non-hydrogen) atoms. The first kappa shape index (κ1) is 22.0. The molecule has 2 aromatic carbocycles. The molecular weight excluding hydrogens is 418 g/mol. The Hall–Kier alpha value is -3.72. The molecule has 1 aromatic heterocycles. The zero-order chi connectivity index (χ0) is 22.2. The van der Waals surface area contributed by atoms with E-state index in [0.29, 0.717) is 16.9 Å². The number of carbonyl (C=O) groups is 3. The van der Waals surface area contributed by atoms with Crippen LogP contribution >= 0.6 is 11.3 Å². The van der Waals surface area contributed by atoms with Gasteiger partial charge in [-0.1, -0.05) is 30.3 Å². The maximum atomic E-state index is 12.9. The molecule has 1 heterocycles.